The van der Waals surface area contributed by atoms with Crippen LogP contribution < -0.4 is 10.2 Å². The molecule has 23 heavy (non-hydrogen) atoms. The van der Waals surface area contributed by atoms with Gasteiger partial charge in [0, 0.05) is 24.5 Å². The van der Waals surface area contributed by atoms with Crippen LogP contribution in [0.15, 0.2) is 48.3 Å². The Labute approximate surface area is 136 Å². The summed E-state index contributed by atoms with van der Waals surface area (Å²) in [6.45, 7) is 0. The van der Waals surface area contributed by atoms with Gasteiger partial charge in [-0.1, -0.05) is 17.7 Å². The maximum atomic E-state index is 12.6. The van der Waals surface area contributed by atoms with Gasteiger partial charge in [0.1, 0.15) is 5.57 Å². The highest BCUT2D eigenvalue weighted by atomic mass is 35.5. The summed E-state index contributed by atoms with van der Waals surface area (Å²) < 4.78 is 1.79. The molecule has 0 radical (unpaired) electrons. The Bertz CT molecular complexity index is 854. The molecule has 6 nitrogen and oxygen atoms in total. The molecule has 1 N–H and O–H groups in total. The highest BCUT2D eigenvalue weighted by molar-refractivity contribution is 6.39. The summed E-state index contributed by atoms with van der Waals surface area (Å²) in [6, 6.07) is 7.26. The number of hydrogen-bond acceptors (Lipinski definition) is 3. The van der Waals surface area contributed by atoms with Gasteiger partial charge in [0.2, 0.25) is 0 Å². The number of carbonyl (C=O) groups excluding carboxylic acids is 3. The normalized spacial score (nSPS) is 16.9. The van der Waals surface area contributed by atoms with E-state index in [1.54, 1.807) is 41.2 Å². The number of carbonyl (C=O) groups is 3. The maximum absolute atomic E-state index is 12.6. The number of amides is 4. The van der Waals surface area contributed by atoms with E-state index in [9.17, 15) is 14.4 Å². The number of anilines is 1. The Morgan fingerprint density at radius 3 is 2.61 bits per heavy atom. The van der Waals surface area contributed by atoms with Crippen LogP contribution in [-0.4, -0.2) is 22.4 Å². The smallest absolute Gasteiger partial charge is 0.335 e. The minimum absolute atomic E-state index is 0.115. The lowest BCUT2D eigenvalue weighted by atomic mass is 10.1. The van der Waals surface area contributed by atoms with E-state index in [4.69, 9.17) is 11.6 Å². The predicted molar refractivity (Wildman–Crippen MR) is 85.9 cm³/mol. The molecule has 3 rings (SSSR count). The fourth-order valence-corrected chi connectivity index (χ4v) is 2.47. The van der Waals surface area contributed by atoms with Crippen LogP contribution in [-0.2, 0) is 16.6 Å². The molecule has 1 aromatic carbocycles. The summed E-state index contributed by atoms with van der Waals surface area (Å²) in [5, 5.41) is 2.55. The SMILES string of the molecule is Cn1ccc(/C=C2/C(=O)NC(=O)N(c3cccc(Cl)c3)C2=O)c1. The van der Waals surface area contributed by atoms with Gasteiger partial charge in [-0.2, -0.15) is 0 Å². The third-order valence-corrected chi connectivity index (χ3v) is 3.57. The Morgan fingerprint density at radius 1 is 1.17 bits per heavy atom. The lowest BCUT2D eigenvalue weighted by Gasteiger charge is -2.26. The Hall–Kier alpha value is -2.86. The van der Waals surface area contributed by atoms with E-state index in [-0.39, 0.29) is 5.57 Å². The van der Waals surface area contributed by atoms with Gasteiger partial charge in [-0.15, -0.1) is 0 Å². The van der Waals surface area contributed by atoms with Crippen LogP contribution in [0.5, 0.6) is 0 Å². The van der Waals surface area contributed by atoms with Crippen LogP contribution >= 0.6 is 11.6 Å². The number of nitrogens with one attached hydrogen (secondary N) is 1. The molecule has 2 heterocycles. The van der Waals surface area contributed by atoms with Crippen molar-refractivity contribution >= 4 is 41.2 Å². The van der Waals surface area contributed by atoms with E-state index in [0.29, 0.717) is 16.3 Å². The number of benzene rings is 1. The van der Waals surface area contributed by atoms with Crippen LogP contribution in [0.25, 0.3) is 6.08 Å². The first-order chi connectivity index (χ1) is 11.0. The van der Waals surface area contributed by atoms with E-state index < -0.39 is 17.8 Å². The standard InChI is InChI=1S/C16H12ClN3O3/c1-19-6-5-10(9-19)7-13-14(21)18-16(23)20(15(13)22)12-4-2-3-11(17)8-12/h2-9H,1H3,(H,18,21,23)/b13-7-. The predicted octanol–water partition coefficient (Wildman–Crippen LogP) is 2.34. The van der Waals surface area contributed by atoms with Gasteiger partial charge in [0.05, 0.1) is 5.69 Å². The Morgan fingerprint density at radius 2 is 1.96 bits per heavy atom. The van der Waals surface area contributed by atoms with E-state index in [0.717, 1.165) is 4.90 Å². The summed E-state index contributed by atoms with van der Waals surface area (Å²) in [5.41, 5.74) is 0.869. The topological polar surface area (TPSA) is 71.4 Å². The number of urea groups is 1. The van der Waals surface area contributed by atoms with Crippen molar-refractivity contribution in [3.05, 3.63) is 58.9 Å². The van der Waals surface area contributed by atoms with E-state index >= 15 is 0 Å². The van der Waals surface area contributed by atoms with Crippen molar-refractivity contribution in [3.63, 3.8) is 0 Å². The Balaban J connectivity index is 2.02. The number of aromatic nitrogens is 1. The van der Waals surface area contributed by atoms with Gasteiger partial charge in [-0.25, -0.2) is 9.69 Å². The molecule has 7 heteroatoms. The molecule has 1 fully saturated rings. The molecule has 1 aliphatic rings. The van der Waals surface area contributed by atoms with Gasteiger partial charge in [0.25, 0.3) is 11.8 Å². The third kappa shape index (κ3) is 2.89. The van der Waals surface area contributed by atoms with Gasteiger partial charge in [0.15, 0.2) is 0 Å². The van der Waals surface area contributed by atoms with Crippen molar-refractivity contribution in [3.8, 4) is 0 Å². The lowest BCUT2D eigenvalue weighted by molar-refractivity contribution is -0.122. The number of aryl methyl sites for hydroxylation is 1. The fourth-order valence-electron chi connectivity index (χ4n) is 2.28. The quantitative estimate of drug-likeness (QED) is 0.679. The summed E-state index contributed by atoms with van der Waals surface area (Å²) in [7, 11) is 1.83. The van der Waals surface area contributed by atoms with E-state index in [1.165, 1.54) is 12.1 Å². The van der Waals surface area contributed by atoms with Crippen molar-refractivity contribution in [2.75, 3.05) is 4.90 Å². The molecule has 4 amide bonds. The zero-order valence-corrected chi connectivity index (χ0v) is 12.9. The zero-order chi connectivity index (χ0) is 16.6. The molecule has 0 bridgehead atoms. The van der Waals surface area contributed by atoms with Crippen molar-refractivity contribution < 1.29 is 14.4 Å². The van der Waals surface area contributed by atoms with Gasteiger partial charge in [-0.05, 0) is 35.9 Å². The second kappa shape index (κ2) is 5.73. The number of hydrogen-bond donors (Lipinski definition) is 1. The average molecular weight is 330 g/mol. The monoisotopic (exact) mass is 329 g/mol. The first-order valence-electron chi connectivity index (χ1n) is 6.75. The molecule has 0 atom stereocenters. The van der Waals surface area contributed by atoms with Crippen LogP contribution in [0.4, 0.5) is 10.5 Å². The van der Waals surface area contributed by atoms with Crippen molar-refractivity contribution in [2.45, 2.75) is 0 Å². The summed E-state index contributed by atoms with van der Waals surface area (Å²) in [6.07, 6.45) is 4.99. The molecule has 1 saturated heterocycles. The fraction of sp³-hybridized carbons (Fsp3) is 0.0625. The highest BCUT2D eigenvalue weighted by Crippen LogP contribution is 2.24. The molecule has 0 aliphatic carbocycles. The lowest BCUT2D eigenvalue weighted by Crippen LogP contribution is -2.54. The second-order valence-electron chi connectivity index (χ2n) is 5.05. The largest absolute Gasteiger partial charge is 0.357 e. The summed E-state index contributed by atoms with van der Waals surface area (Å²) >= 11 is 5.90. The number of barbiturate groups is 1. The summed E-state index contributed by atoms with van der Waals surface area (Å²) in [4.78, 5) is 37.5. The van der Waals surface area contributed by atoms with Gasteiger partial charge >= 0.3 is 6.03 Å². The molecule has 0 spiro atoms. The minimum Gasteiger partial charge on any atom is -0.357 e. The maximum Gasteiger partial charge on any atom is 0.335 e. The molecule has 0 unspecified atom stereocenters. The van der Waals surface area contributed by atoms with Crippen LogP contribution in [0.2, 0.25) is 5.02 Å². The number of imide groups is 2. The molecule has 0 saturated carbocycles. The van der Waals surface area contributed by atoms with Crippen molar-refractivity contribution in [1.29, 1.82) is 0 Å². The van der Waals surface area contributed by atoms with Crippen molar-refractivity contribution in [2.24, 2.45) is 7.05 Å². The van der Waals surface area contributed by atoms with Crippen LogP contribution in [0, 0.1) is 0 Å². The first-order valence-corrected chi connectivity index (χ1v) is 7.12. The zero-order valence-electron chi connectivity index (χ0n) is 12.1. The molecule has 116 valence electrons. The number of halogens is 1. The average Bonchev–Trinajstić information content (AvgIpc) is 2.89. The van der Waals surface area contributed by atoms with E-state index in [2.05, 4.69) is 5.32 Å². The molecule has 2 aromatic rings. The van der Waals surface area contributed by atoms with Crippen LogP contribution in [0.3, 0.4) is 0 Å². The number of nitrogens with zero attached hydrogens (tertiary/aromatic N) is 2. The first kappa shape index (κ1) is 15.1. The van der Waals surface area contributed by atoms with Gasteiger partial charge < -0.3 is 4.57 Å². The molecule has 1 aliphatic heterocycles. The molecular weight excluding hydrogens is 318 g/mol. The molecule has 1 aromatic heterocycles. The highest BCUT2D eigenvalue weighted by Gasteiger charge is 2.36. The molecular formula is C16H12ClN3O3. The number of rotatable bonds is 2. The Kier molecular flexibility index (Phi) is 3.75. The minimum atomic E-state index is -0.799. The van der Waals surface area contributed by atoms with Crippen molar-refractivity contribution in [1.82, 2.24) is 9.88 Å². The summed E-state index contributed by atoms with van der Waals surface area (Å²) in [5.74, 6) is -1.41. The van der Waals surface area contributed by atoms with E-state index in [1.807, 2.05) is 7.05 Å². The van der Waals surface area contributed by atoms with Gasteiger partial charge in [-0.3, -0.25) is 14.9 Å². The third-order valence-electron chi connectivity index (χ3n) is 3.33. The second-order valence-corrected chi connectivity index (χ2v) is 5.48. The van der Waals surface area contributed by atoms with Crippen LogP contribution in [0.1, 0.15) is 5.56 Å².